The molecule has 0 amide bonds. The van der Waals surface area contributed by atoms with Crippen LogP contribution in [0.4, 0.5) is 17.1 Å². The summed E-state index contributed by atoms with van der Waals surface area (Å²) in [5.74, 6) is 0. The number of morpholine rings is 1. The van der Waals surface area contributed by atoms with Gasteiger partial charge in [0.2, 0.25) is 0 Å². The van der Waals surface area contributed by atoms with Crippen molar-refractivity contribution in [2.75, 3.05) is 31.2 Å². The average Bonchev–Trinajstić information content (AvgIpc) is 2.66. The summed E-state index contributed by atoms with van der Waals surface area (Å²) in [6.07, 6.45) is 5.03. The van der Waals surface area contributed by atoms with E-state index in [1.807, 2.05) is 24.3 Å². The highest BCUT2D eigenvalue weighted by atomic mass is 16.6. The van der Waals surface area contributed by atoms with Gasteiger partial charge in [0.1, 0.15) is 0 Å². The van der Waals surface area contributed by atoms with E-state index in [1.54, 1.807) is 36.6 Å². The summed E-state index contributed by atoms with van der Waals surface area (Å²) >= 11 is 0. The van der Waals surface area contributed by atoms with Crippen molar-refractivity contribution in [3.63, 3.8) is 0 Å². The molecule has 0 saturated carbocycles. The number of hydrogen-bond donors (Lipinski definition) is 0. The van der Waals surface area contributed by atoms with Gasteiger partial charge >= 0.3 is 0 Å². The summed E-state index contributed by atoms with van der Waals surface area (Å²) in [7, 11) is 0. The lowest BCUT2D eigenvalue weighted by molar-refractivity contribution is -0.385. The number of benzene rings is 2. The number of nitro groups is 1. The number of hydrogen-bond acceptors (Lipinski definition) is 5. The molecule has 0 spiro atoms. The Morgan fingerprint density at radius 1 is 1.08 bits per heavy atom. The molecule has 6 heteroatoms. The predicted molar refractivity (Wildman–Crippen MR) is 99.8 cm³/mol. The fourth-order valence-electron chi connectivity index (χ4n) is 2.64. The summed E-state index contributed by atoms with van der Waals surface area (Å²) < 4.78 is 5.36. The van der Waals surface area contributed by atoms with E-state index in [9.17, 15) is 10.1 Å². The minimum Gasteiger partial charge on any atom is -0.378 e. The molecule has 0 atom stereocenters. The summed E-state index contributed by atoms with van der Waals surface area (Å²) in [6, 6.07) is 14.6. The number of rotatable bonds is 5. The predicted octanol–water partition coefficient (Wildman–Crippen LogP) is 3.85. The van der Waals surface area contributed by atoms with Gasteiger partial charge in [0.25, 0.3) is 5.69 Å². The smallest absolute Gasteiger partial charge is 0.276 e. The first kappa shape index (κ1) is 16.9. The molecule has 1 fully saturated rings. The van der Waals surface area contributed by atoms with E-state index in [4.69, 9.17) is 4.74 Å². The molecule has 1 heterocycles. The maximum Gasteiger partial charge on any atom is 0.276 e. The van der Waals surface area contributed by atoms with Crippen molar-refractivity contribution in [1.29, 1.82) is 0 Å². The third kappa shape index (κ3) is 4.51. The molecule has 6 nitrogen and oxygen atoms in total. The Morgan fingerprint density at radius 3 is 2.52 bits per heavy atom. The first-order valence-corrected chi connectivity index (χ1v) is 8.11. The van der Waals surface area contributed by atoms with Gasteiger partial charge in [0, 0.05) is 31.1 Å². The number of aliphatic imine (C=N–C) groups is 1. The van der Waals surface area contributed by atoms with Crippen LogP contribution in [0.1, 0.15) is 5.56 Å². The van der Waals surface area contributed by atoms with Crippen molar-refractivity contribution in [2.24, 2.45) is 4.99 Å². The second kappa shape index (κ2) is 8.21. The first-order valence-electron chi connectivity index (χ1n) is 8.11. The lowest BCUT2D eigenvalue weighted by atomic mass is 10.1. The topological polar surface area (TPSA) is 68.0 Å². The third-order valence-electron chi connectivity index (χ3n) is 3.94. The van der Waals surface area contributed by atoms with E-state index in [2.05, 4.69) is 9.89 Å². The van der Waals surface area contributed by atoms with E-state index in [1.165, 1.54) is 6.07 Å². The number of ether oxygens (including phenoxy) is 1. The Morgan fingerprint density at radius 2 is 1.80 bits per heavy atom. The van der Waals surface area contributed by atoms with Crippen molar-refractivity contribution in [2.45, 2.75) is 0 Å². The molecular formula is C19H19N3O3. The van der Waals surface area contributed by atoms with Crippen LogP contribution in [-0.4, -0.2) is 37.4 Å². The van der Waals surface area contributed by atoms with Gasteiger partial charge in [-0.2, -0.15) is 0 Å². The Hall–Kier alpha value is -2.99. The van der Waals surface area contributed by atoms with Gasteiger partial charge in [-0.15, -0.1) is 0 Å². The summed E-state index contributed by atoms with van der Waals surface area (Å²) in [4.78, 5) is 17.2. The molecular weight excluding hydrogens is 318 g/mol. The zero-order valence-electron chi connectivity index (χ0n) is 13.7. The first-order chi connectivity index (χ1) is 12.2. The molecule has 1 saturated heterocycles. The van der Waals surface area contributed by atoms with E-state index in [0.29, 0.717) is 5.56 Å². The van der Waals surface area contributed by atoms with Crippen LogP contribution >= 0.6 is 0 Å². The van der Waals surface area contributed by atoms with Crippen molar-refractivity contribution in [1.82, 2.24) is 0 Å². The summed E-state index contributed by atoms with van der Waals surface area (Å²) in [5.41, 5.74) is 2.64. The minimum atomic E-state index is -0.388. The Labute approximate surface area is 146 Å². The van der Waals surface area contributed by atoms with E-state index < -0.39 is 0 Å². The highest BCUT2D eigenvalue weighted by molar-refractivity contribution is 5.82. The molecule has 0 aromatic heterocycles. The van der Waals surface area contributed by atoms with E-state index in [-0.39, 0.29) is 10.6 Å². The lowest BCUT2D eigenvalue weighted by Gasteiger charge is -2.28. The zero-order valence-corrected chi connectivity index (χ0v) is 13.7. The van der Waals surface area contributed by atoms with Crippen molar-refractivity contribution < 1.29 is 9.66 Å². The van der Waals surface area contributed by atoms with Crippen LogP contribution in [0, 0.1) is 10.1 Å². The van der Waals surface area contributed by atoms with Crippen LogP contribution in [0.15, 0.2) is 59.6 Å². The van der Waals surface area contributed by atoms with Crippen LogP contribution in [0.5, 0.6) is 0 Å². The van der Waals surface area contributed by atoms with Gasteiger partial charge in [0.05, 0.1) is 29.4 Å². The highest BCUT2D eigenvalue weighted by Crippen LogP contribution is 2.21. The van der Waals surface area contributed by atoms with Crippen LogP contribution in [-0.2, 0) is 4.74 Å². The third-order valence-corrected chi connectivity index (χ3v) is 3.94. The van der Waals surface area contributed by atoms with Crippen molar-refractivity contribution in [3.8, 4) is 0 Å². The summed E-state index contributed by atoms with van der Waals surface area (Å²) in [5, 5.41) is 11.0. The fourth-order valence-corrected chi connectivity index (χ4v) is 2.64. The largest absolute Gasteiger partial charge is 0.378 e. The Kier molecular flexibility index (Phi) is 5.53. The Balaban J connectivity index is 1.63. The molecule has 0 N–H and O–H groups in total. The highest BCUT2D eigenvalue weighted by Gasteiger charge is 2.10. The molecule has 3 rings (SSSR count). The van der Waals surface area contributed by atoms with Gasteiger partial charge in [-0.1, -0.05) is 12.1 Å². The van der Waals surface area contributed by atoms with Gasteiger partial charge in [-0.3, -0.25) is 15.1 Å². The van der Waals surface area contributed by atoms with Crippen molar-refractivity contribution in [3.05, 3.63) is 70.3 Å². The lowest BCUT2D eigenvalue weighted by Crippen LogP contribution is -2.36. The number of nitro benzene ring substituents is 1. The molecule has 128 valence electrons. The standard InChI is InChI=1S/C19H19N3O3/c23-22(24)19-6-2-1-4-16(19)5-3-11-20-17-7-9-18(10-8-17)21-12-14-25-15-13-21/h1-11H,12-15H2. The summed E-state index contributed by atoms with van der Waals surface area (Å²) in [6.45, 7) is 3.33. The normalized spacial score (nSPS) is 15.1. The molecule has 2 aromatic rings. The zero-order chi connectivity index (χ0) is 17.5. The SMILES string of the molecule is O=[N+]([O-])c1ccccc1C=CC=Nc1ccc(N2CCOCC2)cc1. The minimum absolute atomic E-state index is 0.0852. The maximum absolute atomic E-state index is 11.0. The number of allylic oxidation sites excluding steroid dienone is 1. The molecule has 0 aliphatic carbocycles. The fraction of sp³-hybridized carbons (Fsp3) is 0.211. The molecule has 0 unspecified atom stereocenters. The van der Waals surface area contributed by atoms with E-state index in [0.717, 1.165) is 37.7 Å². The van der Waals surface area contributed by atoms with Crippen molar-refractivity contribution >= 4 is 29.4 Å². The van der Waals surface area contributed by atoms with Gasteiger partial charge in [-0.05, 0) is 42.5 Å². The van der Waals surface area contributed by atoms with Crippen LogP contribution in [0.2, 0.25) is 0 Å². The molecule has 2 aromatic carbocycles. The van der Waals surface area contributed by atoms with Gasteiger partial charge < -0.3 is 9.64 Å². The van der Waals surface area contributed by atoms with Crippen LogP contribution in [0.3, 0.4) is 0 Å². The average molecular weight is 337 g/mol. The van der Waals surface area contributed by atoms with Gasteiger partial charge in [0.15, 0.2) is 0 Å². The molecule has 0 bridgehead atoms. The monoisotopic (exact) mass is 337 g/mol. The van der Waals surface area contributed by atoms with E-state index >= 15 is 0 Å². The maximum atomic E-state index is 11.0. The second-order valence-electron chi connectivity index (χ2n) is 5.57. The Bertz CT molecular complexity index is 779. The molecule has 0 radical (unpaired) electrons. The molecule has 25 heavy (non-hydrogen) atoms. The number of anilines is 1. The molecule has 1 aliphatic rings. The number of nitrogens with zero attached hydrogens (tertiary/aromatic N) is 3. The van der Waals surface area contributed by atoms with Crippen LogP contribution in [0.25, 0.3) is 6.08 Å². The molecule has 1 aliphatic heterocycles. The van der Waals surface area contributed by atoms with Crippen LogP contribution < -0.4 is 4.90 Å². The second-order valence-corrected chi connectivity index (χ2v) is 5.57. The van der Waals surface area contributed by atoms with Gasteiger partial charge in [-0.25, -0.2) is 0 Å². The number of para-hydroxylation sites is 1. The quantitative estimate of drug-likeness (QED) is 0.472.